The molecule has 0 bridgehead atoms. The summed E-state index contributed by atoms with van der Waals surface area (Å²) in [6.45, 7) is 2.64. The number of amides is 9. The maximum absolute atomic E-state index is 13.5. The van der Waals surface area contributed by atoms with Crippen molar-refractivity contribution >= 4 is 81.7 Å². The Labute approximate surface area is 430 Å². The van der Waals surface area contributed by atoms with Gasteiger partial charge >= 0.3 is 0 Å². The van der Waals surface area contributed by atoms with Crippen LogP contribution in [0.3, 0.4) is 0 Å². The van der Waals surface area contributed by atoms with E-state index in [9.17, 15) is 43.2 Å². The van der Waals surface area contributed by atoms with E-state index >= 15 is 0 Å². The van der Waals surface area contributed by atoms with Crippen LogP contribution in [0.2, 0.25) is 0 Å². The number of carbonyl (C=O) groups excluding carboxylic acids is 9. The zero-order valence-electron chi connectivity index (χ0n) is 43.1. The Kier molecular flexibility index (Phi) is 17.9. The molecule has 0 aliphatic rings. The molecule has 0 unspecified atom stereocenters. The zero-order valence-corrected chi connectivity index (χ0v) is 43.1. The first-order chi connectivity index (χ1) is 35.5. The fourth-order valence-electron chi connectivity index (χ4n) is 7.80. The topological polar surface area (TPSA) is 320 Å². The molecule has 0 spiro atoms. The average molecular weight is 1040 g/mol. The minimum absolute atomic E-state index is 0.0234. The molecule has 0 saturated heterocycles. The standard InChI is InChI=1S/C48H62N18O9/c1-28(67)53-29(22-52-44(71)35-19-33(26-63(35)6)57-48(75)42-58-38(27-66(42)9)59-47(74)41-50-14-16-61(41)4)21-40(69)54-30-17-36(64(7)23-30)45(72)56-32-20-37(65(8)25-32)46(73)55-31-18-34(62(5)24-31)43(70)51-13-11-39(68)49-12-10-15-60(2)3/h14,16-20,23-27,29H,10-13,15,21-22H2,1-9H3,(H,49,68)(H,51,70)(H,52,71)(H,53,67)(H,54,69)(H,55,73)(H,56,72)(H,57,75)(H,59,74)/t29-/m1/s1. The van der Waals surface area contributed by atoms with Gasteiger partial charge in [0.2, 0.25) is 23.5 Å². The van der Waals surface area contributed by atoms with Crippen LogP contribution in [0.25, 0.3) is 0 Å². The van der Waals surface area contributed by atoms with Crippen molar-refractivity contribution in [2.45, 2.75) is 32.2 Å². The molecule has 6 rings (SSSR count). The van der Waals surface area contributed by atoms with Crippen LogP contribution in [0.5, 0.6) is 0 Å². The molecule has 6 heterocycles. The lowest BCUT2D eigenvalue weighted by Gasteiger charge is -2.18. The van der Waals surface area contributed by atoms with Gasteiger partial charge in [-0.05, 0) is 51.3 Å². The second-order valence-electron chi connectivity index (χ2n) is 18.0. The van der Waals surface area contributed by atoms with Crippen molar-refractivity contribution in [1.29, 1.82) is 0 Å². The molecular weight excluding hydrogens is 973 g/mol. The number of nitrogens with zero attached hydrogens (tertiary/aromatic N) is 9. The molecule has 0 aliphatic carbocycles. The summed E-state index contributed by atoms with van der Waals surface area (Å²) < 4.78 is 9.00. The van der Waals surface area contributed by atoms with Crippen molar-refractivity contribution in [3.05, 3.63) is 102 Å². The van der Waals surface area contributed by atoms with E-state index in [4.69, 9.17) is 0 Å². The van der Waals surface area contributed by atoms with Crippen molar-refractivity contribution in [1.82, 2.24) is 63.5 Å². The molecule has 0 saturated carbocycles. The first-order valence-electron chi connectivity index (χ1n) is 23.5. The molecule has 6 aromatic rings. The number of carbonyl (C=O) groups is 9. The quantitative estimate of drug-likeness (QED) is 0.0406. The largest absolute Gasteiger partial charge is 0.356 e. The third-order valence-electron chi connectivity index (χ3n) is 11.4. The SMILES string of the molecule is CC(=O)N[C@@H](CNC(=O)c1cc(NC(=O)c2nc(NC(=O)c3nccn3C)cn2C)cn1C)CC(=O)Nc1cc(C(=O)Nc2cc(C(=O)Nc3cc(C(=O)NCCC(=O)NCCCN(C)C)n(C)c3)n(C)c2)n(C)c1. The Hall–Kier alpha value is -9.27. The number of hydrogen-bond donors (Lipinski definition) is 9. The van der Waals surface area contributed by atoms with Crippen LogP contribution in [-0.2, 0) is 56.7 Å². The van der Waals surface area contributed by atoms with Crippen molar-refractivity contribution in [3.8, 4) is 0 Å². The number of aryl methyl sites for hydroxylation is 6. The average Bonchev–Trinajstić information content (AvgIpc) is 4.20. The Bertz CT molecular complexity index is 3130. The molecule has 398 valence electrons. The summed E-state index contributed by atoms with van der Waals surface area (Å²) in [4.78, 5) is 127. The van der Waals surface area contributed by atoms with E-state index < -0.39 is 53.3 Å². The molecule has 9 amide bonds. The van der Waals surface area contributed by atoms with E-state index in [1.54, 1.807) is 65.4 Å². The summed E-state index contributed by atoms with van der Waals surface area (Å²) in [7, 11) is 13.6. The summed E-state index contributed by atoms with van der Waals surface area (Å²) in [5, 5.41) is 24.5. The van der Waals surface area contributed by atoms with E-state index in [-0.39, 0.29) is 83.5 Å². The van der Waals surface area contributed by atoms with Gasteiger partial charge in [0.05, 0.1) is 28.8 Å². The van der Waals surface area contributed by atoms with Gasteiger partial charge in [-0.3, -0.25) is 43.2 Å². The van der Waals surface area contributed by atoms with E-state index in [1.807, 2.05) is 19.0 Å². The maximum Gasteiger partial charge on any atom is 0.292 e. The van der Waals surface area contributed by atoms with Gasteiger partial charge in [0, 0.05) is 125 Å². The number of imidazole rings is 2. The fourth-order valence-corrected chi connectivity index (χ4v) is 7.80. The van der Waals surface area contributed by atoms with E-state index in [2.05, 4.69) is 57.8 Å². The molecule has 1 atom stereocenters. The predicted molar refractivity (Wildman–Crippen MR) is 276 cm³/mol. The molecule has 27 nitrogen and oxygen atoms in total. The Balaban J connectivity index is 0.972. The van der Waals surface area contributed by atoms with E-state index in [0.717, 1.165) is 13.0 Å². The van der Waals surface area contributed by atoms with Crippen molar-refractivity contribution in [2.24, 2.45) is 42.3 Å². The number of aromatic nitrogens is 8. The lowest BCUT2D eigenvalue weighted by molar-refractivity contribution is -0.121. The number of anilines is 5. The highest BCUT2D eigenvalue weighted by Gasteiger charge is 2.24. The van der Waals surface area contributed by atoms with Crippen LogP contribution in [0, 0.1) is 0 Å². The minimum atomic E-state index is -0.848. The molecule has 0 aromatic carbocycles. The van der Waals surface area contributed by atoms with Crippen molar-refractivity contribution in [2.75, 3.05) is 66.9 Å². The van der Waals surface area contributed by atoms with Crippen molar-refractivity contribution in [3.63, 3.8) is 0 Å². The van der Waals surface area contributed by atoms with Crippen LogP contribution in [0.15, 0.2) is 67.6 Å². The van der Waals surface area contributed by atoms with Gasteiger partial charge in [0.1, 0.15) is 22.8 Å². The fraction of sp³-hybridized carbons (Fsp3) is 0.354. The molecule has 0 radical (unpaired) electrons. The summed E-state index contributed by atoms with van der Waals surface area (Å²) >= 11 is 0. The monoisotopic (exact) mass is 1030 g/mol. The third kappa shape index (κ3) is 14.9. The maximum atomic E-state index is 13.5. The lowest BCUT2D eigenvalue weighted by Crippen LogP contribution is -2.45. The smallest absolute Gasteiger partial charge is 0.292 e. The van der Waals surface area contributed by atoms with Gasteiger partial charge in [0.15, 0.2) is 11.6 Å². The van der Waals surface area contributed by atoms with E-state index in [0.29, 0.717) is 17.9 Å². The second-order valence-corrected chi connectivity index (χ2v) is 18.0. The van der Waals surface area contributed by atoms with E-state index in [1.165, 1.54) is 78.8 Å². The highest BCUT2D eigenvalue weighted by atomic mass is 16.2. The predicted octanol–water partition coefficient (Wildman–Crippen LogP) is 0.968. The lowest BCUT2D eigenvalue weighted by atomic mass is 10.2. The number of nitrogens with one attached hydrogen (secondary N) is 9. The van der Waals surface area contributed by atoms with Crippen LogP contribution in [-0.4, -0.2) is 142 Å². The first-order valence-corrected chi connectivity index (χ1v) is 23.5. The third-order valence-corrected chi connectivity index (χ3v) is 11.4. The summed E-state index contributed by atoms with van der Waals surface area (Å²) in [6, 6.07) is 5.02. The summed E-state index contributed by atoms with van der Waals surface area (Å²) in [6.07, 6.45) is 11.4. The molecule has 6 aromatic heterocycles. The highest BCUT2D eigenvalue weighted by Crippen LogP contribution is 2.21. The summed E-state index contributed by atoms with van der Waals surface area (Å²) in [5.74, 6) is -4.07. The molecular formula is C48H62N18O9. The molecule has 9 N–H and O–H groups in total. The molecule has 0 aliphatic heterocycles. The Morgan fingerprint density at radius 3 is 1.53 bits per heavy atom. The van der Waals surface area contributed by atoms with Crippen LogP contribution in [0.4, 0.5) is 28.6 Å². The molecule has 0 fully saturated rings. The zero-order chi connectivity index (χ0) is 54.7. The van der Waals surface area contributed by atoms with Gasteiger partial charge in [0.25, 0.3) is 35.4 Å². The normalized spacial score (nSPS) is 11.4. The summed E-state index contributed by atoms with van der Waals surface area (Å²) in [5.41, 5.74) is 1.96. The van der Waals surface area contributed by atoms with Crippen LogP contribution in [0.1, 0.15) is 89.4 Å². The Morgan fingerprint density at radius 2 is 1.03 bits per heavy atom. The number of rotatable bonds is 23. The van der Waals surface area contributed by atoms with Gasteiger partial charge in [-0.1, -0.05) is 0 Å². The first kappa shape index (κ1) is 55.1. The molecule has 75 heavy (non-hydrogen) atoms. The van der Waals surface area contributed by atoms with Crippen LogP contribution < -0.4 is 47.9 Å². The second kappa shape index (κ2) is 24.4. The highest BCUT2D eigenvalue weighted by molar-refractivity contribution is 6.08. The minimum Gasteiger partial charge on any atom is -0.356 e. The van der Waals surface area contributed by atoms with Crippen LogP contribution >= 0.6 is 0 Å². The van der Waals surface area contributed by atoms with Gasteiger partial charge in [-0.15, -0.1) is 0 Å². The van der Waals surface area contributed by atoms with Crippen molar-refractivity contribution < 1.29 is 43.2 Å². The number of hydrogen-bond acceptors (Lipinski definition) is 12. The van der Waals surface area contributed by atoms with Gasteiger partial charge < -0.3 is 80.2 Å². The Morgan fingerprint density at radius 1 is 0.533 bits per heavy atom. The van der Waals surface area contributed by atoms with Gasteiger partial charge in [-0.2, -0.15) is 0 Å². The van der Waals surface area contributed by atoms with Gasteiger partial charge in [-0.25, -0.2) is 9.97 Å². The molecule has 27 heteroatoms.